The standard InChI is InChI=1S/C23H24FN3O3S/c1-16-2-3-18(21-15-25-23(30-21)17-4-5-17)14-22(16)31(28,29)27-12-10-26(11-13-27)20-8-6-19(24)7-9-20/h2-3,6-9,14-15,17H,4-5,10-13H2,1H3. The summed E-state index contributed by atoms with van der Waals surface area (Å²) in [6, 6.07) is 11.7. The quantitative estimate of drug-likeness (QED) is 0.594. The maximum atomic E-state index is 13.4. The fraction of sp³-hybridized carbons (Fsp3) is 0.348. The van der Waals surface area contributed by atoms with Crippen LogP contribution < -0.4 is 4.90 Å². The number of halogens is 1. The fourth-order valence-corrected chi connectivity index (χ4v) is 5.62. The van der Waals surface area contributed by atoms with Crippen molar-refractivity contribution in [3.63, 3.8) is 0 Å². The van der Waals surface area contributed by atoms with Gasteiger partial charge in [-0.15, -0.1) is 0 Å². The van der Waals surface area contributed by atoms with E-state index in [1.54, 1.807) is 31.3 Å². The van der Waals surface area contributed by atoms with Crippen molar-refractivity contribution in [2.45, 2.75) is 30.6 Å². The highest BCUT2D eigenvalue weighted by atomic mass is 32.2. The Balaban J connectivity index is 1.36. The molecule has 0 unspecified atom stereocenters. The average Bonchev–Trinajstić information content (AvgIpc) is 3.51. The van der Waals surface area contributed by atoms with Crippen LogP contribution in [0.4, 0.5) is 10.1 Å². The molecule has 31 heavy (non-hydrogen) atoms. The molecule has 8 heteroatoms. The van der Waals surface area contributed by atoms with Gasteiger partial charge in [0.15, 0.2) is 11.7 Å². The van der Waals surface area contributed by atoms with Gasteiger partial charge in [-0.3, -0.25) is 0 Å². The van der Waals surface area contributed by atoms with Crippen LogP contribution in [0.25, 0.3) is 11.3 Å². The number of hydrogen-bond acceptors (Lipinski definition) is 5. The van der Waals surface area contributed by atoms with Crippen LogP contribution in [-0.2, 0) is 10.0 Å². The first kappa shape index (κ1) is 20.2. The zero-order valence-corrected chi connectivity index (χ0v) is 18.1. The lowest BCUT2D eigenvalue weighted by Crippen LogP contribution is -2.48. The molecule has 0 atom stereocenters. The van der Waals surface area contributed by atoms with Gasteiger partial charge in [-0.2, -0.15) is 4.31 Å². The number of benzene rings is 2. The molecular formula is C23H24FN3O3S. The lowest BCUT2D eigenvalue weighted by Gasteiger charge is -2.35. The fourth-order valence-electron chi connectivity index (χ4n) is 3.95. The first-order chi connectivity index (χ1) is 14.9. The first-order valence-electron chi connectivity index (χ1n) is 10.5. The van der Waals surface area contributed by atoms with Gasteiger partial charge in [-0.25, -0.2) is 17.8 Å². The van der Waals surface area contributed by atoms with Crippen molar-refractivity contribution in [3.05, 3.63) is 65.9 Å². The van der Waals surface area contributed by atoms with Gasteiger partial charge in [0, 0.05) is 43.3 Å². The molecule has 6 nitrogen and oxygen atoms in total. The third-order valence-corrected chi connectivity index (χ3v) is 8.01. The molecule has 2 aliphatic rings. The molecule has 0 spiro atoms. The van der Waals surface area contributed by atoms with Gasteiger partial charge < -0.3 is 9.32 Å². The van der Waals surface area contributed by atoms with Crippen molar-refractivity contribution in [1.29, 1.82) is 0 Å². The van der Waals surface area contributed by atoms with Crippen LogP contribution in [0.1, 0.15) is 30.2 Å². The summed E-state index contributed by atoms with van der Waals surface area (Å²) in [6.45, 7) is 3.66. The van der Waals surface area contributed by atoms with Crippen molar-refractivity contribution in [3.8, 4) is 11.3 Å². The van der Waals surface area contributed by atoms with Crippen molar-refractivity contribution in [2.75, 3.05) is 31.1 Å². The van der Waals surface area contributed by atoms with Crippen molar-refractivity contribution in [1.82, 2.24) is 9.29 Å². The third-order valence-electron chi connectivity index (χ3n) is 5.97. The molecule has 1 saturated carbocycles. The number of oxazole rings is 1. The molecule has 3 aromatic rings. The maximum Gasteiger partial charge on any atom is 0.243 e. The second kappa shape index (κ2) is 7.76. The van der Waals surface area contributed by atoms with Crippen LogP contribution in [0.5, 0.6) is 0 Å². The summed E-state index contributed by atoms with van der Waals surface area (Å²) < 4.78 is 47.4. The average molecular weight is 442 g/mol. The Bertz CT molecular complexity index is 1200. The van der Waals surface area contributed by atoms with Crippen LogP contribution in [0, 0.1) is 12.7 Å². The van der Waals surface area contributed by atoms with E-state index in [0.717, 1.165) is 24.4 Å². The predicted octanol–water partition coefficient (Wildman–Crippen LogP) is 4.18. The normalized spacial score (nSPS) is 17.8. The van der Waals surface area contributed by atoms with Crippen LogP contribution >= 0.6 is 0 Å². The molecule has 162 valence electrons. The highest BCUT2D eigenvalue weighted by Crippen LogP contribution is 2.40. The number of aryl methyl sites for hydroxylation is 1. The second-order valence-corrected chi connectivity index (χ2v) is 10.1. The second-order valence-electron chi connectivity index (χ2n) is 8.18. The number of sulfonamides is 1. The van der Waals surface area contributed by atoms with Crippen LogP contribution in [0.15, 0.2) is 58.0 Å². The minimum absolute atomic E-state index is 0.281. The molecule has 1 saturated heterocycles. The molecule has 1 aromatic heterocycles. The Labute approximate surface area is 181 Å². The van der Waals surface area contributed by atoms with Gasteiger partial charge in [-0.1, -0.05) is 12.1 Å². The molecule has 0 radical (unpaired) electrons. The van der Waals surface area contributed by atoms with Crippen molar-refractivity contribution >= 4 is 15.7 Å². The highest BCUT2D eigenvalue weighted by molar-refractivity contribution is 7.89. The van der Waals surface area contributed by atoms with Crippen LogP contribution in [0.3, 0.4) is 0 Å². The third kappa shape index (κ3) is 3.97. The smallest absolute Gasteiger partial charge is 0.243 e. The first-order valence-corrected chi connectivity index (χ1v) is 11.9. The van der Waals surface area contributed by atoms with Gasteiger partial charge in [0.25, 0.3) is 0 Å². The van der Waals surface area contributed by atoms with E-state index < -0.39 is 10.0 Å². The molecule has 2 heterocycles. The van der Waals surface area contributed by atoms with E-state index in [-0.39, 0.29) is 5.82 Å². The molecule has 0 amide bonds. The summed E-state index contributed by atoms with van der Waals surface area (Å²) in [6.07, 6.45) is 3.87. The number of anilines is 1. The summed E-state index contributed by atoms with van der Waals surface area (Å²) in [5.41, 5.74) is 2.31. The molecule has 1 aliphatic heterocycles. The molecular weight excluding hydrogens is 417 g/mol. The van der Waals surface area contributed by atoms with E-state index in [0.29, 0.717) is 53.9 Å². The topological polar surface area (TPSA) is 66.7 Å². The van der Waals surface area contributed by atoms with Gasteiger partial charge in [0.2, 0.25) is 10.0 Å². The Morgan fingerprint density at radius 2 is 1.74 bits per heavy atom. The molecule has 0 bridgehead atoms. The highest BCUT2D eigenvalue weighted by Gasteiger charge is 2.31. The number of hydrogen-bond donors (Lipinski definition) is 0. The zero-order chi connectivity index (χ0) is 21.6. The largest absolute Gasteiger partial charge is 0.440 e. The van der Waals surface area contributed by atoms with E-state index in [1.165, 1.54) is 16.4 Å². The van der Waals surface area contributed by atoms with E-state index in [2.05, 4.69) is 9.88 Å². The van der Waals surface area contributed by atoms with E-state index in [4.69, 9.17) is 4.42 Å². The Morgan fingerprint density at radius 3 is 2.42 bits per heavy atom. The minimum atomic E-state index is -3.65. The lowest BCUT2D eigenvalue weighted by molar-refractivity contribution is 0.384. The maximum absolute atomic E-state index is 13.4. The zero-order valence-electron chi connectivity index (χ0n) is 17.3. The number of nitrogens with zero attached hydrogens (tertiary/aromatic N) is 3. The predicted molar refractivity (Wildman–Crippen MR) is 116 cm³/mol. The monoisotopic (exact) mass is 441 g/mol. The van der Waals surface area contributed by atoms with E-state index >= 15 is 0 Å². The van der Waals surface area contributed by atoms with E-state index in [1.807, 2.05) is 12.1 Å². The molecule has 0 N–H and O–H groups in total. The molecule has 1 aliphatic carbocycles. The van der Waals surface area contributed by atoms with Crippen LogP contribution in [0.2, 0.25) is 0 Å². The molecule has 2 aromatic carbocycles. The Morgan fingerprint density at radius 1 is 1.03 bits per heavy atom. The summed E-state index contributed by atoms with van der Waals surface area (Å²) in [7, 11) is -3.65. The Hall–Kier alpha value is -2.71. The molecule has 2 fully saturated rings. The van der Waals surface area contributed by atoms with Crippen LogP contribution in [-0.4, -0.2) is 43.9 Å². The SMILES string of the molecule is Cc1ccc(-c2cnc(C3CC3)o2)cc1S(=O)(=O)N1CCN(c2ccc(F)cc2)CC1. The van der Waals surface area contributed by atoms with Crippen molar-refractivity contribution in [2.24, 2.45) is 0 Å². The number of rotatable bonds is 5. The number of aromatic nitrogens is 1. The van der Waals surface area contributed by atoms with Gasteiger partial charge in [0.1, 0.15) is 5.82 Å². The van der Waals surface area contributed by atoms with Crippen molar-refractivity contribution < 1.29 is 17.2 Å². The summed E-state index contributed by atoms with van der Waals surface area (Å²) in [5.74, 6) is 1.45. The van der Waals surface area contributed by atoms with Gasteiger partial charge in [0.05, 0.1) is 11.1 Å². The van der Waals surface area contributed by atoms with E-state index in [9.17, 15) is 12.8 Å². The summed E-state index contributed by atoms with van der Waals surface area (Å²) in [5, 5.41) is 0. The Kier molecular flexibility index (Phi) is 5.06. The van der Waals surface area contributed by atoms with Gasteiger partial charge >= 0.3 is 0 Å². The number of piperazine rings is 1. The summed E-state index contributed by atoms with van der Waals surface area (Å²) >= 11 is 0. The lowest BCUT2D eigenvalue weighted by atomic mass is 10.1. The summed E-state index contributed by atoms with van der Waals surface area (Å²) in [4.78, 5) is 6.71. The molecule has 5 rings (SSSR count). The minimum Gasteiger partial charge on any atom is -0.440 e. The van der Waals surface area contributed by atoms with Gasteiger partial charge in [-0.05, 0) is 55.7 Å².